The maximum absolute atomic E-state index is 13.2. The van der Waals surface area contributed by atoms with E-state index in [1.807, 2.05) is 0 Å². The third kappa shape index (κ3) is 5.26. The van der Waals surface area contributed by atoms with Gasteiger partial charge in [0.15, 0.2) is 0 Å². The van der Waals surface area contributed by atoms with E-state index in [-0.39, 0.29) is 28.1 Å². The summed E-state index contributed by atoms with van der Waals surface area (Å²) in [6, 6.07) is 6.44. The van der Waals surface area contributed by atoms with Crippen LogP contribution in [0.4, 0.5) is 16.4 Å². The summed E-state index contributed by atoms with van der Waals surface area (Å²) in [7, 11) is -3.92. The molecule has 1 aromatic carbocycles. The highest BCUT2D eigenvalue weighted by Crippen LogP contribution is 2.46. The van der Waals surface area contributed by atoms with Crippen LogP contribution in [0.1, 0.15) is 40.0 Å². The van der Waals surface area contributed by atoms with E-state index >= 15 is 0 Å². The maximum Gasteiger partial charge on any atom is 0.325 e. The molecule has 2 atom stereocenters. The number of hydrogen-bond donors (Lipinski definition) is 3. The van der Waals surface area contributed by atoms with E-state index < -0.39 is 34.0 Å². The van der Waals surface area contributed by atoms with Crippen molar-refractivity contribution in [2.45, 2.75) is 50.5 Å². The lowest BCUT2D eigenvalue weighted by Crippen LogP contribution is -2.54. The Morgan fingerprint density at radius 2 is 1.80 bits per heavy atom. The van der Waals surface area contributed by atoms with Crippen molar-refractivity contribution in [3.05, 3.63) is 42.7 Å². The standard InChI is InChI=1S/C23H28N6O5S/c1-15-11-22(2,3)14-23(12-15)19(31)29(21(32)27-23)13-18(30)26-16-5-7-17(8-6-16)35(33,34)28-20-24-9-4-10-25-20/h4-10,15H,11-14H2,1-3H3,(H,26,30)(H,27,32)(H,24,25,28)/t15-,23-/m0/s1. The van der Waals surface area contributed by atoms with Crippen LogP contribution in [0.25, 0.3) is 0 Å². The first kappa shape index (κ1) is 24.6. The lowest BCUT2D eigenvalue weighted by molar-refractivity contribution is -0.136. The van der Waals surface area contributed by atoms with Crippen molar-refractivity contribution in [3.63, 3.8) is 0 Å². The molecule has 1 aromatic heterocycles. The topological polar surface area (TPSA) is 150 Å². The molecule has 35 heavy (non-hydrogen) atoms. The van der Waals surface area contributed by atoms with Crippen molar-refractivity contribution >= 4 is 39.5 Å². The fraction of sp³-hybridized carbons (Fsp3) is 0.435. The molecule has 3 N–H and O–H groups in total. The molecule has 2 aliphatic rings. The highest BCUT2D eigenvalue weighted by Gasteiger charge is 2.56. The molecule has 4 amide bonds. The number of rotatable bonds is 6. The normalized spacial score (nSPS) is 23.7. The third-order valence-corrected chi connectivity index (χ3v) is 7.51. The highest BCUT2D eigenvalue weighted by molar-refractivity contribution is 7.92. The van der Waals surface area contributed by atoms with E-state index in [0.717, 1.165) is 11.3 Å². The lowest BCUT2D eigenvalue weighted by Gasteiger charge is -2.43. The monoisotopic (exact) mass is 500 g/mol. The minimum Gasteiger partial charge on any atom is -0.325 e. The van der Waals surface area contributed by atoms with Crippen LogP contribution < -0.4 is 15.4 Å². The summed E-state index contributed by atoms with van der Waals surface area (Å²) in [6.45, 7) is 5.77. The van der Waals surface area contributed by atoms with Gasteiger partial charge in [-0.25, -0.2) is 27.9 Å². The first-order valence-electron chi connectivity index (χ1n) is 11.2. The molecule has 1 aliphatic carbocycles. The average Bonchev–Trinajstić information content (AvgIpc) is 2.96. The molecule has 1 saturated heterocycles. The molecular weight excluding hydrogens is 472 g/mol. The molecule has 2 fully saturated rings. The molecule has 12 heteroatoms. The summed E-state index contributed by atoms with van der Waals surface area (Å²) in [6.07, 6.45) is 4.83. The number of anilines is 2. The summed E-state index contributed by atoms with van der Waals surface area (Å²) in [4.78, 5) is 47.0. The van der Waals surface area contributed by atoms with Crippen molar-refractivity contribution in [3.8, 4) is 0 Å². The van der Waals surface area contributed by atoms with E-state index in [1.165, 1.54) is 36.7 Å². The number of hydrogen-bond acceptors (Lipinski definition) is 7. The predicted octanol–water partition coefficient (Wildman–Crippen LogP) is 2.35. The minimum absolute atomic E-state index is 0.0481. The largest absolute Gasteiger partial charge is 0.325 e. The average molecular weight is 501 g/mol. The first-order chi connectivity index (χ1) is 16.4. The zero-order valence-electron chi connectivity index (χ0n) is 19.7. The van der Waals surface area contributed by atoms with Crippen LogP contribution in [-0.4, -0.2) is 53.2 Å². The molecule has 1 saturated carbocycles. The number of benzene rings is 1. The minimum atomic E-state index is -3.92. The van der Waals surface area contributed by atoms with E-state index in [0.29, 0.717) is 18.5 Å². The molecule has 4 rings (SSSR count). The predicted molar refractivity (Wildman–Crippen MR) is 128 cm³/mol. The van der Waals surface area contributed by atoms with E-state index in [4.69, 9.17) is 0 Å². The van der Waals surface area contributed by atoms with Gasteiger partial charge in [0.1, 0.15) is 12.1 Å². The van der Waals surface area contributed by atoms with Crippen LogP contribution in [0.3, 0.4) is 0 Å². The van der Waals surface area contributed by atoms with E-state index in [2.05, 4.69) is 46.1 Å². The van der Waals surface area contributed by atoms with Gasteiger partial charge in [0, 0.05) is 18.1 Å². The van der Waals surface area contributed by atoms with Crippen LogP contribution >= 0.6 is 0 Å². The number of carbonyl (C=O) groups excluding carboxylic acids is 3. The molecule has 0 unspecified atom stereocenters. The summed E-state index contributed by atoms with van der Waals surface area (Å²) >= 11 is 0. The van der Waals surface area contributed by atoms with Gasteiger partial charge in [-0.1, -0.05) is 20.8 Å². The second-order valence-electron chi connectivity index (χ2n) is 10.0. The second kappa shape index (κ2) is 8.91. The Labute approximate surface area is 203 Å². The van der Waals surface area contributed by atoms with Gasteiger partial charge in [0.05, 0.1) is 4.90 Å². The number of amides is 4. The quantitative estimate of drug-likeness (QED) is 0.515. The van der Waals surface area contributed by atoms with Crippen LogP contribution in [0.2, 0.25) is 0 Å². The number of nitrogens with one attached hydrogen (secondary N) is 3. The van der Waals surface area contributed by atoms with Crippen molar-refractivity contribution in [1.82, 2.24) is 20.2 Å². The van der Waals surface area contributed by atoms with Gasteiger partial charge in [-0.05, 0) is 60.9 Å². The smallest absolute Gasteiger partial charge is 0.325 e. The first-order valence-corrected chi connectivity index (χ1v) is 12.7. The van der Waals surface area contributed by atoms with E-state index in [9.17, 15) is 22.8 Å². The third-order valence-electron chi connectivity index (χ3n) is 6.17. The second-order valence-corrected chi connectivity index (χ2v) is 11.7. The Bertz CT molecular complexity index is 1250. The molecule has 0 bridgehead atoms. The van der Waals surface area contributed by atoms with Crippen LogP contribution in [0.5, 0.6) is 0 Å². The number of sulfonamides is 1. The van der Waals surface area contributed by atoms with Crippen molar-refractivity contribution in [2.24, 2.45) is 11.3 Å². The van der Waals surface area contributed by atoms with Gasteiger partial charge >= 0.3 is 6.03 Å². The molecule has 11 nitrogen and oxygen atoms in total. The Morgan fingerprint density at radius 1 is 1.14 bits per heavy atom. The molecular formula is C23H28N6O5S. The van der Waals surface area contributed by atoms with Gasteiger partial charge < -0.3 is 10.6 Å². The van der Waals surface area contributed by atoms with Crippen molar-refractivity contribution in [1.29, 1.82) is 0 Å². The molecule has 1 spiro atoms. The Balaban J connectivity index is 1.40. The number of imide groups is 1. The molecule has 2 heterocycles. The fourth-order valence-corrected chi connectivity index (χ4v) is 6.20. The van der Waals surface area contributed by atoms with Gasteiger partial charge in [-0.15, -0.1) is 0 Å². The lowest BCUT2D eigenvalue weighted by atomic mass is 9.64. The fourth-order valence-electron chi connectivity index (χ4n) is 5.24. The summed E-state index contributed by atoms with van der Waals surface area (Å²) in [5.74, 6) is -0.755. The Morgan fingerprint density at radius 3 is 2.43 bits per heavy atom. The number of aromatic nitrogens is 2. The van der Waals surface area contributed by atoms with Gasteiger partial charge in [0.2, 0.25) is 11.9 Å². The summed E-state index contributed by atoms with van der Waals surface area (Å²) in [5, 5.41) is 5.44. The Hall–Kier alpha value is -3.54. The van der Waals surface area contributed by atoms with Gasteiger partial charge in [-0.3, -0.25) is 14.5 Å². The number of carbonyl (C=O) groups is 3. The zero-order chi connectivity index (χ0) is 25.4. The number of urea groups is 1. The summed E-state index contributed by atoms with van der Waals surface area (Å²) < 4.78 is 27.2. The molecule has 1 aliphatic heterocycles. The van der Waals surface area contributed by atoms with Gasteiger partial charge in [-0.2, -0.15) is 0 Å². The van der Waals surface area contributed by atoms with E-state index in [1.54, 1.807) is 6.07 Å². The van der Waals surface area contributed by atoms with Crippen LogP contribution in [0.15, 0.2) is 47.6 Å². The van der Waals surface area contributed by atoms with Crippen LogP contribution in [-0.2, 0) is 19.6 Å². The SMILES string of the molecule is C[C@H]1CC(C)(C)C[C@]2(C1)NC(=O)N(CC(=O)Nc1ccc(S(=O)(=O)Nc3ncccn3)cc1)C2=O. The van der Waals surface area contributed by atoms with Crippen molar-refractivity contribution in [2.75, 3.05) is 16.6 Å². The summed E-state index contributed by atoms with van der Waals surface area (Å²) in [5.41, 5.74) is -0.772. The van der Waals surface area contributed by atoms with Crippen LogP contribution in [0, 0.1) is 11.3 Å². The zero-order valence-corrected chi connectivity index (χ0v) is 20.6. The number of nitrogens with zero attached hydrogens (tertiary/aromatic N) is 3. The molecule has 186 valence electrons. The molecule has 2 aromatic rings. The van der Waals surface area contributed by atoms with Gasteiger partial charge in [0.25, 0.3) is 15.9 Å². The Kier molecular flexibility index (Phi) is 6.26. The highest BCUT2D eigenvalue weighted by atomic mass is 32.2. The molecule has 0 radical (unpaired) electrons. The van der Waals surface area contributed by atoms with Crippen molar-refractivity contribution < 1.29 is 22.8 Å². The maximum atomic E-state index is 13.2.